The number of nitrogens with zero attached hydrogens (tertiary/aromatic N) is 3. The number of phenols is 1. The molecule has 0 saturated carbocycles. The van der Waals surface area contributed by atoms with Crippen molar-refractivity contribution in [2.45, 2.75) is 37.5 Å². The predicted molar refractivity (Wildman–Crippen MR) is 110 cm³/mol. The fourth-order valence-corrected chi connectivity index (χ4v) is 4.43. The number of amides is 2. The molecule has 30 heavy (non-hydrogen) atoms. The van der Waals surface area contributed by atoms with Crippen LogP contribution in [0.5, 0.6) is 5.75 Å². The number of aromatic nitrogens is 1. The number of ether oxygens (including phenoxy) is 1. The normalized spacial score (nSPS) is 26.5. The number of carbonyl (C=O) groups is 2. The van der Waals surface area contributed by atoms with E-state index in [1.54, 1.807) is 30.8 Å². The van der Waals surface area contributed by atoms with Crippen molar-refractivity contribution in [1.82, 2.24) is 9.47 Å². The monoisotopic (exact) mass is 434 g/mol. The molecule has 1 aromatic carbocycles. The van der Waals surface area contributed by atoms with Crippen molar-refractivity contribution in [3.8, 4) is 5.75 Å². The number of aliphatic hydroxyl groups excluding tert-OH is 1. The van der Waals surface area contributed by atoms with E-state index in [4.69, 9.17) is 22.1 Å². The van der Waals surface area contributed by atoms with Gasteiger partial charge in [0.15, 0.2) is 5.54 Å². The standard InChI is InChI=1S/C20H23ClN4O5/c1-20(19(29)25-5-3-4-13(26)16(25)17(22)28)9-30-18(23-20)11-8-24(2)12-6-10(21)7-14(27)15(11)12/h6-8,13,16,26-27H,3-5,9H2,1-2H3,(H2,22,28). The molecule has 1 saturated heterocycles. The number of fused-ring (bicyclic) bond motifs is 1. The molecule has 1 aromatic heterocycles. The summed E-state index contributed by atoms with van der Waals surface area (Å²) >= 11 is 6.05. The molecule has 3 unspecified atom stereocenters. The summed E-state index contributed by atoms with van der Waals surface area (Å²) in [6, 6.07) is 2.05. The number of hydrogen-bond donors (Lipinski definition) is 3. The molecule has 1 fully saturated rings. The van der Waals surface area contributed by atoms with Crippen LogP contribution in [-0.2, 0) is 21.4 Å². The molecule has 0 spiro atoms. The van der Waals surface area contributed by atoms with Crippen molar-refractivity contribution in [2.75, 3.05) is 13.2 Å². The van der Waals surface area contributed by atoms with Crippen LogP contribution in [0.25, 0.3) is 10.9 Å². The maximum atomic E-state index is 13.3. The SMILES string of the molecule is Cn1cc(C2=NC(C)(C(=O)N3CCCC(O)C3C(N)=O)CO2)c2c(O)cc(Cl)cc21. The third-order valence-corrected chi connectivity index (χ3v) is 5.93. The van der Waals surface area contributed by atoms with Gasteiger partial charge in [0.2, 0.25) is 11.8 Å². The summed E-state index contributed by atoms with van der Waals surface area (Å²) in [5.74, 6) is -1.000. The van der Waals surface area contributed by atoms with Gasteiger partial charge in [-0.3, -0.25) is 9.59 Å². The number of benzene rings is 1. The molecule has 3 atom stereocenters. The zero-order valence-corrected chi connectivity index (χ0v) is 17.4. The van der Waals surface area contributed by atoms with E-state index in [1.807, 2.05) is 0 Å². The second-order valence-corrected chi connectivity index (χ2v) is 8.44. The van der Waals surface area contributed by atoms with Crippen molar-refractivity contribution in [2.24, 2.45) is 17.8 Å². The Morgan fingerprint density at radius 2 is 2.13 bits per heavy atom. The van der Waals surface area contributed by atoms with Gasteiger partial charge in [0.05, 0.1) is 22.6 Å². The van der Waals surface area contributed by atoms with Crippen LogP contribution in [0.1, 0.15) is 25.3 Å². The molecule has 2 aliphatic heterocycles. The Morgan fingerprint density at radius 1 is 1.40 bits per heavy atom. The molecule has 0 bridgehead atoms. The second-order valence-electron chi connectivity index (χ2n) is 8.01. The van der Waals surface area contributed by atoms with Crippen LogP contribution in [0.3, 0.4) is 0 Å². The number of likely N-dealkylation sites (tertiary alicyclic amines) is 1. The number of primary amides is 1. The molecule has 2 amide bonds. The Morgan fingerprint density at radius 3 is 2.83 bits per heavy atom. The number of halogens is 1. The number of carbonyl (C=O) groups excluding carboxylic acids is 2. The largest absolute Gasteiger partial charge is 0.507 e. The minimum Gasteiger partial charge on any atom is -0.507 e. The summed E-state index contributed by atoms with van der Waals surface area (Å²) < 4.78 is 7.54. The Hall–Kier alpha value is -2.78. The number of nitrogens with two attached hydrogens (primary N) is 1. The molecule has 0 radical (unpaired) electrons. The van der Waals surface area contributed by atoms with Gasteiger partial charge in [-0.05, 0) is 31.9 Å². The lowest BCUT2D eigenvalue weighted by molar-refractivity contribution is -0.150. The number of hydrogen-bond acceptors (Lipinski definition) is 6. The molecule has 9 nitrogen and oxygen atoms in total. The van der Waals surface area contributed by atoms with Crippen molar-refractivity contribution in [1.29, 1.82) is 0 Å². The van der Waals surface area contributed by atoms with E-state index in [-0.39, 0.29) is 18.3 Å². The van der Waals surface area contributed by atoms with Crippen LogP contribution >= 0.6 is 11.6 Å². The number of piperidine rings is 1. The molecule has 2 aliphatic rings. The van der Waals surface area contributed by atoms with E-state index in [9.17, 15) is 19.8 Å². The molecule has 2 aromatic rings. The lowest BCUT2D eigenvalue weighted by Crippen LogP contribution is -2.61. The third kappa shape index (κ3) is 3.18. The van der Waals surface area contributed by atoms with E-state index in [0.29, 0.717) is 40.9 Å². The van der Waals surface area contributed by atoms with Crippen LogP contribution in [0.15, 0.2) is 23.3 Å². The maximum Gasteiger partial charge on any atom is 0.254 e. The summed E-state index contributed by atoms with van der Waals surface area (Å²) in [4.78, 5) is 31.0. The van der Waals surface area contributed by atoms with E-state index in [2.05, 4.69) is 4.99 Å². The van der Waals surface area contributed by atoms with Gasteiger partial charge in [0, 0.05) is 24.8 Å². The van der Waals surface area contributed by atoms with Crippen LogP contribution in [0.4, 0.5) is 0 Å². The summed E-state index contributed by atoms with van der Waals surface area (Å²) in [6.07, 6.45) is 1.69. The van der Waals surface area contributed by atoms with Crippen LogP contribution < -0.4 is 5.73 Å². The van der Waals surface area contributed by atoms with Crippen LogP contribution in [0.2, 0.25) is 5.02 Å². The maximum absolute atomic E-state index is 13.3. The van der Waals surface area contributed by atoms with E-state index in [1.165, 1.54) is 11.0 Å². The second kappa shape index (κ2) is 7.17. The Labute approximate surface area is 177 Å². The first kappa shape index (κ1) is 20.5. The topological polar surface area (TPSA) is 130 Å². The molecular weight excluding hydrogens is 412 g/mol. The van der Waals surface area contributed by atoms with E-state index < -0.39 is 29.5 Å². The van der Waals surface area contributed by atoms with Crippen molar-refractivity contribution >= 4 is 40.2 Å². The highest BCUT2D eigenvalue weighted by Gasteiger charge is 2.47. The molecule has 4 rings (SSSR count). The molecule has 10 heteroatoms. The number of phenolic OH excluding ortho intramolecular Hbond substituents is 1. The highest BCUT2D eigenvalue weighted by Crippen LogP contribution is 2.36. The number of aliphatic imine (C=N–C) groups is 1. The van der Waals surface area contributed by atoms with Crippen LogP contribution in [0, 0.1) is 0 Å². The molecule has 3 heterocycles. The zero-order valence-electron chi connectivity index (χ0n) is 16.6. The molecular formula is C20H23ClN4O5. The molecule has 0 aliphatic carbocycles. The smallest absolute Gasteiger partial charge is 0.254 e. The van der Waals surface area contributed by atoms with Gasteiger partial charge in [0.25, 0.3) is 5.91 Å². The summed E-state index contributed by atoms with van der Waals surface area (Å²) in [5, 5.41) is 21.5. The fourth-order valence-electron chi connectivity index (χ4n) is 4.22. The highest BCUT2D eigenvalue weighted by molar-refractivity contribution is 6.31. The van der Waals surface area contributed by atoms with E-state index in [0.717, 1.165) is 0 Å². The van der Waals surface area contributed by atoms with Gasteiger partial charge in [-0.2, -0.15) is 0 Å². The number of aryl methyl sites for hydroxylation is 1. The molecule has 4 N–H and O–H groups in total. The number of aliphatic hydroxyl groups is 1. The summed E-state index contributed by atoms with van der Waals surface area (Å²) in [5.41, 5.74) is 5.37. The van der Waals surface area contributed by atoms with Gasteiger partial charge in [0.1, 0.15) is 18.4 Å². The lowest BCUT2D eigenvalue weighted by atomic mass is 9.94. The first-order valence-electron chi connectivity index (χ1n) is 9.61. The van der Waals surface area contributed by atoms with Gasteiger partial charge < -0.3 is 30.2 Å². The zero-order chi connectivity index (χ0) is 21.8. The van der Waals surface area contributed by atoms with Gasteiger partial charge in [-0.1, -0.05) is 11.6 Å². The third-order valence-electron chi connectivity index (χ3n) is 5.71. The molecule has 160 valence electrons. The average molecular weight is 435 g/mol. The minimum absolute atomic E-state index is 0.0210. The Balaban J connectivity index is 1.72. The fraction of sp³-hybridized carbons (Fsp3) is 0.450. The van der Waals surface area contributed by atoms with Crippen molar-refractivity contribution in [3.63, 3.8) is 0 Å². The first-order chi connectivity index (χ1) is 14.1. The van der Waals surface area contributed by atoms with Crippen molar-refractivity contribution < 1.29 is 24.5 Å². The minimum atomic E-state index is -1.29. The first-order valence-corrected chi connectivity index (χ1v) is 9.99. The van der Waals surface area contributed by atoms with Gasteiger partial charge in [-0.25, -0.2) is 4.99 Å². The number of rotatable bonds is 3. The predicted octanol–water partition coefficient (Wildman–Crippen LogP) is 0.910. The highest BCUT2D eigenvalue weighted by atomic mass is 35.5. The van der Waals surface area contributed by atoms with Gasteiger partial charge in [-0.15, -0.1) is 0 Å². The summed E-state index contributed by atoms with van der Waals surface area (Å²) in [7, 11) is 1.80. The average Bonchev–Trinajstić information content (AvgIpc) is 3.22. The number of aromatic hydroxyl groups is 1. The van der Waals surface area contributed by atoms with Crippen LogP contribution in [-0.4, -0.2) is 68.2 Å². The van der Waals surface area contributed by atoms with Crippen molar-refractivity contribution in [3.05, 3.63) is 28.9 Å². The summed E-state index contributed by atoms with van der Waals surface area (Å²) in [6.45, 7) is 1.88. The lowest BCUT2D eigenvalue weighted by Gasteiger charge is -2.39. The quantitative estimate of drug-likeness (QED) is 0.661. The van der Waals surface area contributed by atoms with Gasteiger partial charge >= 0.3 is 0 Å². The Bertz CT molecular complexity index is 1080. The van der Waals surface area contributed by atoms with E-state index >= 15 is 0 Å². The Kier molecular flexibility index (Phi) is 4.90.